The molecule has 0 spiro atoms. The van der Waals surface area contributed by atoms with Gasteiger partial charge in [0.2, 0.25) is 0 Å². The Morgan fingerprint density at radius 2 is 2.00 bits per heavy atom. The number of rotatable bonds is 9. The SMILES string of the molecule is CCCNC(CSc1nncs1)c1ccc(CCC)cc1. The molecule has 21 heavy (non-hydrogen) atoms. The van der Waals surface area contributed by atoms with Crippen molar-refractivity contribution in [3.63, 3.8) is 0 Å². The van der Waals surface area contributed by atoms with E-state index in [1.54, 1.807) is 28.6 Å². The second-order valence-corrected chi connectivity index (χ2v) is 7.11. The maximum absolute atomic E-state index is 4.10. The monoisotopic (exact) mass is 321 g/mol. The summed E-state index contributed by atoms with van der Waals surface area (Å²) in [5.74, 6) is 0.988. The minimum Gasteiger partial charge on any atom is -0.309 e. The van der Waals surface area contributed by atoms with Crippen molar-refractivity contribution in [3.05, 3.63) is 40.9 Å². The molecule has 3 nitrogen and oxygen atoms in total. The van der Waals surface area contributed by atoms with Gasteiger partial charge in [0.05, 0.1) is 0 Å². The maximum atomic E-state index is 4.10. The lowest BCUT2D eigenvalue weighted by molar-refractivity contribution is 0.577. The van der Waals surface area contributed by atoms with Gasteiger partial charge in [-0.1, -0.05) is 67.6 Å². The van der Waals surface area contributed by atoms with Crippen LogP contribution in [0.15, 0.2) is 34.1 Å². The van der Waals surface area contributed by atoms with Crippen molar-refractivity contribution < 1.29 is 0 Å². The fourth-order valence-electron chi connectivity index (χ4n) is 2.18. The standard InChI is InChI=1S/C16H23N3S2/c1-3-5-13-6-8-14(9-7-13)15(17-10-4-2)11-20-16-19-18-12-21-16/h6-9,12,15,17H,3-5,10-11H2,1-2H3. The quantitative estimate of drug-likeness (QED) is 0.698. The predicted octanol–water partition coefficient (Wildman–Crippen LogP) is 4.32. The first kappa shape index (κ1) is 16.5. The van der Waals surface area contributed by atoms with Gasteiger partial charge in [-0.25, -0.2) is 0 Å². The molecule has 0 bridgehead atoms. The highest BCUT2D eigenvalue weighted by atomic mass is 32.2. The smallest absolute Gasteiger partial charge is 0.174 e. The summed E-state index contributed by atoms with van der Waals surface area (Å²) in [5.41, 5.74) is 4.57. The van der Waals surface area contributed by atoms with E-state index in [1.807, 2.05) is 0 Å². The van der Waals surface area contributed by atoms with Crippen LogP contribution in [0.5, 0.6) is 0 Å². The fourth-order valence-corrected chi connectivity index (χ4v) is 3.79. The summed E-state index contributed by atoms with van der Waals surface area (Å²) in [6.07, 6.45) is 3.50. The van der Waals surface area contributed by atoms with Crippen molar-refractivity contribution in [1.82, 2.24) is 15.5 Å². The van der Waals surface area contributed by atoms with Crippen LogP contribution in [0.25, 0.3) is 0 Å². The van der Waals surface area contributed by atoms with Gasteiger partial charge in [-0.3, -0.25) is 0 Å². The van der Waals surface area contributed by atoms with Gasteiger partial charge in [-0.15, -0.1) is 10.2 Å². The van der Waals surface area contributed by atoms with Crippen LogP contribution >= 0.6 is 23.1 Å². The van der Waals surface area contributed by atoms with Crippen molar-refractivity contribution in [2.75, 3.05) is 12.3 Å². The molecule has 1 heterocycles. The molecule has 0 aliphatic heterocycles. The van der Waals surface area contributed by atoms with Gasteiger partial charge in [0.25, 0.3) is 0 Å². The minimum atomic E-state index is 0.370. The first-order chi connectivity index (χ1) is 10.3. The Hall–Kier alpha value is -0.910. The summed E-state index contributed by atoms with van der Waals surface area (Å²) in [5, 5.41) is 11.6. The Morgan fingerprint density at radius 3 is 2.62 bits per heavy atom. The van der Waals surface area contributed by atoms with Crippen molar-refractivity contribution in [3.8, 4) is 0 Å². The van der Waals surface area contributed by atoms with Crippen LogP contribution in [-0.2, 0) is 6.42 Å². The third-order valence-corrected chi connectivity index (χ3v) is 5.23. The number of benzene rings is 1. The van der Waals surface area contributed by atoms with Gasteiger partial charge in [0.15, 0.2) is 4.34 Å². The highest BCUT2D eigenvalue weighted by Gasteiger charge is 2.12. The summed E-state index contributed by atoms with van der Waals surface area (Å²) >= 11 is 3.38. The van der Waals surface area contributed by atoms with E-state index in [9.17, 15) is 0 Å². The molecule has 1 aromatic carbocycles. The fraction of sp³-hybridized carbons (Fsp3) is 0.500. The first-order valence-corrected chi connectivity index (χ1v) is 9.41. The number of hydrogen-bond acceptors (Lipinski definition) is 5. The number of nitrogens with zero attached hydrogens (tertiary/aromatic N) is 2. The molecule has 0 aliphatic carbocycles. The Bertz CT molecular complexity index is 497. The lowest BCUT2D eigenvalue weighted by atomic mass is 10.0. The largest absolute Gasteiger partial charge is 0.309 e. The van der Waals surface area contributed by atoms with Crippen LogP contribution in [0.3, 0.4) is 0 Å². The molecule has 5 heteroatoms. The topological polar surface area (TPSA) is 37.8 Å². The number of aromatic nitrogens is 2. The molecule has 0 saturated carbocycles. The molecule has 2 rings (SSSR count). The highest BCUT2D eigenvalue weighted by molar-refractivity contribution is 8.01. The first-order valence-electron chi connectivity index (χ1n) is 7.54. The average Bonchev–Trinajstić information content (AvgIpc) is 3.02. The zero-order valence-electron chi connectivity index (χ0n) is 12.7. The zero-order valence-corrected chi connectivity index (χ0v) is 14.3. The van der Waals surface area contributed by atoms with E-state index in [0.717, 1.165) is 29.5 Å². The van der Waals surface area contributed by atoms with Gasteiger partial charge < -0.3 is 5.32 Å². The number of aryl methyl sites for hydroxylation is 1. The molecule has 114 valence electrons. The van der Waals surface area contributed by atoms with E-state index in [4.69, 9.17) is 0 Å². The lowest BCUT2D eigenvalue weighted by Crippen LogP contribution is -2.24. The lowest BCUT2D eigenvalue weighted by Gasteiger charge is -2.18. The van der Waals surface area contributed by atoms with Crippen molar-refractivity contribution in [1.29, 1.82) is 0 Å². The Kier molecular flexibility index (Phi) is 7.19. The van der Waals surface area contributed by atoms with E-state index in [-0.39, 0.29) is 0 Å². The zero-order chi connectivity index (χ0) is 14.9. The number of nitrogens with one attached hydrogen (secondary N) is 1. The van der Waals surface area contributed by atoms with Gasteiger partial charge in [-0.05, 0) is 30.5 Å². The average molecular weight is 322 g/mol. The molecule has 2 aromatic rings. The third kappa shape index (κ3) is 5.41. The molecule has 0 radical (unpaired) electrons. The third-order valence-electron chi connectivity index (χ3n) is 3.28. The molecule has 0 aliphatic rings. The van der Waals surface area contributed by atoms with E-state index in [2.05, 4.69) is 53.6 Å². The molecule has 0 fully saturated rings. The van der Waals surface area contributed by atoms with Gasteiger partial charge in [0, 0.05) is 11.8 Å². The maximum Gasteiger partial charge on any atom is 0.174 e. The van der Waals surface area contributed by atoms with Crippen molar-refractivity contribution >= 4 is 23.1 Å². The number of hydrogen-bond donors (Lipinski definition) is 1. The highest BCUT2D eigenvalue weighted by Crippen LogP contribution is 2.26. The summed E-state index contributed by atoms with van der Waals surface area (Å²) in [4.78, 5) is 0. The number of thioether (sulfide) groups is 1. The second-order valence-electron chi connectivity index (χ2n) is 5.01. The van der Waals surface area contributed by atoms with Crippen LogP contribution in [0.2, 0.25) is 0 Å². The Morgan fingerprint density at radius 1 is 1.19 bits per heavy atom. The Balaban J connectivity index is 1.99. The molecule has 0 amide bonds. The summed E-state index contributed by atoms with van der Waals surface area (Å²) in [6, 6.07) is 9.41. The second kappa shape index (κ2) is 9.18. The van der Waals surface area contributed by atoms with E-state index >= 15 is 0 Å². The van der Waals surface area contributed by atoms with Crippen LogP contribution in [0.1, 0.15) is 43.9 Å². The van der Waals surface area contributed by atoms with E-state index in [0.29, 0.717) is 6.04 Å². The van der Waals surface area contributed by atoms with Gasteiger partial charge >= 0.3 is 0 Å². The summed E-state index contributed by atoms with van der Waals surface area (Å²) in [7, 11) is 0. The van der Waals surface area contributed by atoms with Crippen LogP contribution in [0, 0.1) is 0 Å². The minimum absolute atomic E-state index is 0.370. The molecular formula is C16H23N3S2. The molecule has 0 saturated heterocycles. The molecule has 1 aromatic heterocycles. The van der Waals surface area contributed by atoms with Crippen molar-refractivity contribution in [2.45, 2.75) is 43.5 Å². The van der Waals surface area contributed by atoms with Crippen LogP contribution in [-0.4, -0.2) is 22.5 Å². The Labute approximate surface area is 135 Å². The van der Waals surface area contributed by atoms with E-state index in [1.165, 1.54) is 17.5 Å². The van der Waals surface area contributed by atoms with E-state index < -0.39 is 0 Å². The predicted molar refractivity (Wildman–Crippen MR) is 92.1 cm³/mol. The van der Waals surface area contributed by atoms with Crippen molar-refractivity contribution in [2.24, 2.45) is 0 Å². The molecule has 1 unspecified atom stereocenters. The molecule has 1 N–H and O–H groups in total. The van der Waals surface area contributed by atoms with Gasteiger partial charge in [0.1, 0.15) is 5.51 Å². The summed E-state index contributed by atoms with van der Waals surface area (Å²) in [6.45, 7) is 5.46. The summed E-state index contributed by atoms with van der Waals surface area (Å²) < 4.78 is 1.04. The van der Waals surface area contributed by atoms with Crippen LogP contribution < -0.4 is 5.32 Å². The normalized spacial score (nSPS) is 12.5. The molecular weight excluding hydrogens is 298 g/mol. The molecule has 1 atom stereocenters. The van der Waals surface area contributed by atoms with Crippen LogP contribution in [0.4, 0.5) is 0 Å². The van der Waals surface area contributed by atoms with Gasteiger partial charge in [-0.2, -0.15) is 0 Å².